The van der Waals surface area contributed by atoms with Gasteiger partial charge in [-0.2, -0.15) is 0 Å². The fraction of sp³-hybridized carbons (Fsp3) is 0.625. The smallest absolute Gasteiger partial charge is 0.325 e. The first-order chi connectivity index (χ1) is 15.5. The maximum absolute atomic E-state index is 14.2. The van der Waals surface area contributed by atoms with Crippen LogP contribution in [0.15, 0.2) is 18.2 Å². The number of halogens is 2. The zero-order chi connectivity index (χ0) is 24.3. The zero-order valence-electron chi connectivity index (χ0n) is 19.9. The Morgan fingerprint density at radius 2 is 1.94 bits per heavy atom. The summed E-state index contributed by atoms with van der Waals surface area (Å²) in [7, 11) is 3.81. The lowest BCUT2D eigenvalue weighted by atomic mass is 9.73. The van der Waals surface area contributed by atoms with Gasteiger partial charge in [-0.25, -0.2) is 9.18 Å². The first-order valence-corrected chi connectivity index (χ1v) is 12.0. The Morgan fingerprint density at radius 3 is 2.55 bits per heavy atom. The summed E-state index contributed by atoms with van der Waals surface area (Å²) >= 11 is 5.95. The Hall–Kier alpha value is -2.19. The number of piperidine rings is 1. The fourth-order valence-electron chi connectivity index (χ4n) is 4.72. The minimum Gasteiger partial charge on any atom is -0.339 e. The van der Waals surface area contributed by atoms with Crippen molar-refractivity contribution in [2.75, 3.05) is 40.3 Å². The van der Waals surface area contributed by atoms with Crippen molar-refractivity contribution >= 4 is 29.4 Å². The number of likely N-dealkylation sites (tertiary alicyclic amines) is 1. The number of hydrogen-bond donors (Lipinski definition) is 1. The minimum atomic E-state index is -0.954. The van der Waals surface area contributed by atoms with Gasteiger partial charge in [0.1, 0.15) is 11.4 Å². The fourth-order valence-corrected chi connectivity index (χ4v) is 4.89. The van der Waals surface area contributed by atoms with Gasteiger partial charge >= 0.3 is 6.03 Å². The highest BCUT2D eigenvalue weighted by molar-refractivity contribution is 6.31. The molecule has 2 fully saturated rings. The second-order valence-corrected chi connectivity index (χ2v) is 10.2. The SMILES string of the molecule is CC(C)CC[C@@]1(C2CCN(C(=O)c3cc(Cl)ccc3F)CC2)NC(=O)N(CCN(C)C)C1=O. The van der Waals surface area contributed by atoms with Crippen LogP contribution in [-0.4, -0.2) is 78.4 Å². The zero-order valence-corrected chi connectivity index (χ0v) is 20.6. The largest absolute Gasteiger partial charge is 0.339 e. The molecule has 1 N–H and O–H groups in total. The molecule has 0 aliphatic carbocycles. The second kappa shape index (κ2) is 10.4. The maximum atomic E-state index is 14.2. The number of hydrogen-bond acceptors (Lipinski definition) is 4. The molecule has 2 aliphatic rings. The van der Waals surface area contributed by atoms with Crippen LogP contribution in [0.1, 0.15) is 49.9 Å². The van der Waals surface area contributed by atoms with E-state index in [0.29, 0.717) is 56.4 Å². The number of benzene rings is 1. The van der Waals surface area contributed by atoms with Crippen LogP contribution in [0, 0.1) is 17.7 Å². The minimum absolute atomic E-state index is 0.0458. The highest BCUT2D eigenvalue weighted by Gasteiger charge is 2.55. The van der Waals surface area contributed by atoms with Gasteiger partial charge in [0, 0.05) is 31.2 Å². The molecule has 0 saturated carbocycles. The highest BCUT2D eigenvalue weighted by Crippen LogP contribution is 2.38. The summed E-state index contributed by atoms with van der Waals surface area (Å²) in [5.41, 5.74) is -1.00. The predicted molar refractivity (Wildman–Crippen MR) is 126 cm³/mol. The first kappa shape index (κ1) is 25.4. The van der Waals surface area contributed by atoms with Crippen molar-refractivity contribution in [1.29, 1.82) is 0 Å². The van der Waals surface area contributed by atoms with E-state index in [0.717, 1.165) is 6.42 Å². The normalized spacial score (nSPS) is 21.9. The van der Waals surface area contributed by atoms with Crippen molar-refractivity contribution in [3.63, 3.8) is 0 Å². The van der Waals surface area contributed by atoms with E-state index in [1.807, 2.05) is 19.0 Å². The van der Waals surface area contributed by atoms with E-state index in [9.17, 15) is 18.8 Å². The Kier molecular flexibility index (Phi) is 8.00. The second-order valence-electron chi connectivity index (χ2n) is 9.78. The molecule has 0 bridgehead atoms. The van der Waals surface area contributed by atoms with Gasteiger partial charge in [-0.1, -0.05) is 25.4 Å². The van der Waals surface area contributed by atoms with Gasteiger partial charge in [-0.3, -0.25) is 14.5 Å². The van der Waals surface area contributed by atoms with E-state index in [2.05, 4.69) is 19.2 Å². The molecule has 182 valence electrons. The third-order valence-corrected chi connectivity index (χ3v) is 6.96. The average molecular weight is 481 g/mol. The Bertz CT molecular complexity index is 902. The van der Waals surface area contributed by atoms with Crippen LogP contribution in [0.2, 0.25) is 5.02 Å². The molecule has 2 aliphatic heterocycles. The standard InChI is InChI=1S/C24H34ClFN4O3/c1-16(2)7-10-24(22(32)30(23(33)27-24)14-13-28(3)4)17-8-11-29(12-9-17)21(31)19-15-18(25)5-6-20(19)26/h5-6,15-17H,7-14H2,1-4H3,(H,27,33)/t24-/m0/s1. The molecule has 1 atom stereocenters. The molecule has 4 amide bonds. The highest BCUT2D eigenvalue weighted by atomic mass is 35.5. The molecule has 1 aromatic rings. The van der Waals surface area contributed by atoms with E-state index < -0.39 is 17.3 Å². The number of carbonyl (C=O) groups is 3. The molecule has 0 radical (unpaired) electrons. The van der Waals surface area contributed by atoms with Crippen LogP contribution in [0.25, 0.3) is 0 Å². The lowest BCUT2D eigenvalue weighted by Crippen LogP contribution is -2.56. The molecule has 0 aromatic heterocycles. The van der Waals surface area contributed by atoms with E-state index >= 15 is 0 Å². The van der Waals surface area contributed by atoms with Crippen molar-refractivity contribution in [3.8, 4) is 0 Å². The molecule has 3 rings (SSSR count). The van der Waals surface area contributed by atoms with Crippen molar-refractivity contribution < 1.29 is 18.8 Å². The van der Waals surface area contributed by atoms with Gasteiger partial charge in [0.2, 0.25) is 0 Å². The van der Waals surface area contributed by atoms with Crippen LogP contribution in [0.3, 0.4) is 0 Å². The van der Waals surface area contributed by atoms with Crippen molar-refractivity contribution in [1.82, 2.24) is 20.0 Å². The maximum Gasteiger partial charge on any atom is 0.325 e. The molecule has 2 heterocycles. The van der Waals surface area contributed by atoms with Crippen molar-refractivity contribution in [3.05, 3.63) is 34.6 Å². The molecule has 9 heteroatoms. The monoisotopic (exact) mass is 480 g/mol. The van der Waals surface area contributed by atoms with Gasteiger partial charge in [0.05, 0.1) is 5.56 Å². The van der Waals surface area contributed by atoms with Crippen LogP contribution in [-0.2, 0) is 4.79 Å². The number of likely N-dealkylation sites (N-methyl/N-ethyl adjacent to an activating group) is 1. The van der Waals surface area contributed by atoms with Gasteiger partial charge in [-0.15, -0.1) is 0 Å². The summed E-state index contributed by atoms with van der Waals surface area (Å²) in [5, 5.41) is 3.35. The average Bonchev–Trinajstić information content (AvgIpc) is 3.02. The number of carbonyl (C=O) groups excluding carboxylic acids is 3. The summed E-state index contributed by atoms with van der Waals surface area (Å²) in [6, 6.07) is 3.61. The number of rotatable bonds is 8. The van der Waals surface area contributed by atoms with Gasteiger partial charge in [-0.05, 0) is 69.8 Å². The third kappa shape index (κ3) is 5.49. The van der Waals surface area contributed by atoms with Crippen LogP contribution < -0.4 is 5.32 Å². The summed E-state index contributed by atoms with van der Waals surface area (Å²) in [6.45, 7) is 5.91. The molecule has 1 aromatic carbocycles. The van der Waals surface area contributed by atoms with Crippen LogP contribution >= 0.6 is 11.6 Å². The van der Waals surface area contributed by atoms with Gasteiger partial charge in [0.25, 0.3) is 11.8 Å². The number of urea groups is 1. The summed E-state index contributed by atoms with van der Waals surface area (Å²) in [4.78, 5) is 44.1. The Morgan fingerprint density at radius 1 is 1.27 bits per heavy atom. The Balaban J connectivity index is 1.76. The third-order valence-electron chi connectivity index (χ3n) is 6.73. The first-order valence-electron chi connectivity index (χ1n) is 11.6. The van der Waals surface area contributed by atoms with E-state index in [1.54, 1.807) is 4.90 Å². The number of nitrogens with one attached hydrogen (secondary N) is 1. The number of nitrogens with zero attached hydrogens (tertiary/aromatic N) is 3. The molecule has 2 saturated heterocycles. The lowest BCUT2D eigenvalue weighted by molar-refractivity contribution is -0.134. The topological polar surface area (TPSA) is 73.0 Å². The molecule has 33 heavy (non-hydrogen) atoms. The van der Waals surface area contributed by atoms with Gasteiger partial charge < -0.3 is 15.1 Å². The number of imide groups is 1. The molecule has 0 unspecified atom stereocenters. The molecular weight excluding hydrogens is 447 g/mol. The molecule has 0 spiro atoms. The summed E-state index contributed by atoms with van der Waals surface area (Å²) in [6.07, 6.45) is 2.48. The van der Waals surface area contributed by atoms with Crippen LogP contribution in [0.4, 0.5) is 9.18 Å². The van der Waals surface area contributed by atoms with Gasteiger partial charge in [0.15, 0.2) is 0 Å². The van der Waals surface area contributed by atoms with E-state index in [-0.39, 0.29) is 23.4 Å². The molecule has 7 nitrogen and oxygen atoms in total. The quantitative estimate of drug-likeness (QED) is 0.577. The van der Waals surface area contributed by atoms with Crippen LogP contribution in [0.5, 0.6) is 0 Å². The Labute approximate surface area is 200 Å². The molecular formula is C24H34ClFN4O3. The van der Waals surface area contributed by atoms with E-state index in [1.165, 1.54) is 23.1 Å². The predicted octanol–water partition coefficient (Wildman–Crippen LogP) is 3.62. The summed E-state index contributed by atoms with van der Waals surface area (Å²) < 4.78 is 14.2. The summed E-state index contributed by atoms with van der Waals surface area (Å²) in [5.74, 6) is -0.880. The van der Waals surface area contributed by atoms with Crippen molar-refractivity contribution in [2.45, 2.75) is 45.1 Å². The lowest BCUT2D eigenvalue weighted by Gasteiger charge is -2.41. The van der Waals surface area contributed by atoms with Crippen molar-refractivity contribution in [2.24, 2.45) is 11.8 Å². The number of amides is 4. The van der Waals surface area contributed by atoms with E-state index in [4.69, 9.17) is 11.6 Å².